The van der Waals surface area contributed by atoms with Gasteiger partial charge in [-0.05, 0) is 30.3 Å². The van der Waals surface area contributed by atoms with Crippen molar-refractivity contribution in [1.29, 1.82) is 0 Å². The molecule has 0 fully saturated rings. The third-order valence-corrected chi connectivity index (χ3v) is 3.58. The number of ether oxygens (including phenoxy) is 1. The largest absolute Gasteiger partial charge is 0.454 e. The lowest BCUT2D eigenvalue weighted by atomic mass is 10.2. The highest BCUT2D eigenvalue weighted by molar-refractivity contribution is 7.86. The molecule has 2 rings (SSSR count). The minimum Gasteiger partial charge on any atom is -0.454 e. The van der Waals surface area contributed by atoms with Gasteiger partial charge in [0.05, 0.1) is 11.3 Å². The quantitative estimate of drug-likeness (QED) is 0.664. The van der Waals surface area contributed by atoms with Gasteiger partial charge in [0, 0.05) is 0 Å². The van der Waals surface area contributed by atoms with Crippen LogP contribution in [0.4, 0.5) is 18.9 Å². The molecular formula is C13H10F3NO4S. The molecule has 0 radical (unpaired) electrons. The van der Waals surface area contributed by atoms with E-state index < -0.39 is 26.8 Å². The molecule has 9 heteroatoms. The average molecular weight is 333 g/mol. The number of nitrogen functional groups attached to an aromatic ring is 1. The zero-order valence-electron chi connectivity index (χ0n) is 10.8. The Morgan fingerprint density at radius 2 is 1.68 bits per heavy atom. The minimum absolute atomic E-state index is 0.163. The summed E-state index contributed by atoms with van der Waals surface area (Å²) in [7, 11) is -4.54. The monoisotopic (exact) mass is 333 g/mol. The second kappa shape index (κ2) is 5.50. The molecule has 0 aliphatic carbocycles. The lowest BCUT2D eigenvalue weighted by molar-refractivity contribution is -0.137. The van der Waals surface area contributed by atoms with Crippen LogP contribution in [0, 0.1) is 0 Å². The van der Waals surface area contributed by atoms with Crippen LogP contribution in [0.3, 0.4) is 0 Å². The second-order valence-electron chi connectivity index (χ2n) is 4.27. The van der Waals surface area contributed by atoms with Gasteiger partial charge in [-0.3, -0.25) is 4.55 Å². The Labute approximate surface area is 123 Å². The average Bonchev–Trinajstić information content (AvgIpc) is 2.39. The van der Waals surface area contributed by atoms with Crippen molar-refractivity contribution in [2.75, 3.05) is 5.73 Å². The summed E-state index contributed by atoms with van der Waals surface area (Å²) in [6.45, 7) is 0. The lowest BCUT2D eigenvalue weighted by Crippen LogP contribution is -2.06. The van der Waals surface area contributed by atoms with Crippen LogP contribution in [0.1, 0.15) is 5.56 Å². The van der Waals surface area contributed by atoms with E-state index in [9.17, 15) is 21.6 Å². The number of alkyl halides is 3. The van der Waals surface area contributed by atoms with Crippen molar-refractivity contribution in [1.82, 2.24) is 0 Å². The Bertz CT molecular complexity index is 803. The van der Waals surface area contributed by atoms with Gasteiger partial charge in [-0.2, -0.15) is 21.6 Å². The fourth-order valence-corrected chi connectivity index (χ4v) is 2.30. The summed E-state index contributed by atoms with van der Waals surface area (Å²) < 4.78 is 74.3. The molecule has 0 amide bonds. The van der Waals surface area contributed by atoms with E-state index in [1.807, 2.05) is 0 Å². The van der Waals surface area contributed by atoms with E-state index in [-0.39, 0.29) is 17.2 Å². The highest BCUT2D eigenvalue weighted by atomic mass is 32.2. The number of anilines is 1. The van der Waals surface area contributed by atoms with Gasteiger partial charge in [0.25, 0.3) is 10.1 Å². The summed E-state index contributed by atoms with van der Waals surface area (Å²) in [5.74, 6) is -0.416. The zero-order chi connectivity index (χ0) is 16.5. The number of benzene rings is 2. The molecule has 22 heavy (non-hydrogen) atoms. The Balaban J connectivity index is 2.41. The van der Waals surface area contributed by atoms with E-state index >= 15 is 0 Å². The van der Waals surface area contributed by atoms with Crippen LogP contribution in [-0.2, 0) is 16.3 Å². The maximum atomic E-state index is 12.5. The van der Waals surface area contributed by atoms with Crippen molar-refractivity contribution in [3.8, 4) is 11.5 Å². The molecule has 2 aromatic rings. The number of nitrogens with two attached hydrogens (primary N) is 1. The number of hydrogen-bond acceptors (Lipinski definition) is 4. The number of halogens is 3. The molecule has 0 bridgehead atoms. The van der Waals surface area contributed by atoms with Crippen LogP contribution in [0.25, 0.3) is 0 Å². The van der Waals surface area contributed by atoms with E-state index in [2.05, 4.69) is 0 Å². The molecule has 0 spiro atoms. The third kappa shape index (κ3) is 3.49. The van der Waals surface area contributed by atoms with Crippen molar-refractivity contribution >= 4 is 15.8 Å². The fraction of sp³-hybridized carbons (Fsp3) is 0.0769. The summed E-state index contributed by atoms with van der Waals surface area (Å²) in [6, 6.07) is 7.51. The number of hydrogen-bond donors (Lipinski definition) is 2. The molecule has 3 N–H and O–H groups in total. The van der Waals surface area contributed by atoms with E-state index in [0.29, 0.717) is 6.07 Å². The Morgan fingerprint density at radius 3 is 2.23 bits per heavy atom. The first-order chi connectivity index (χ1) is 10.1. The van der Waals surface area contributed by atoms with Crippen LogP contribution in [0.2, 0.25) is 0 Å². The third-order valence-electron chi connectivity index (χ3n) is 2.68. The first kappa shape index (κ1) is 16.1. The van der Waals surface area contributed by atoms with Crippen molar-refractivity contribution in [3.63, 3.8) is 0 Å². The Hall–Kier alpha value is -2.26. The molecule has 0 aliphatic heterocycles. The van der Waals surface area contributed by atoms with Gasteiger partial charge < -0.3 is 10.5 Å². The molecule has 118 valence electrons. The van der Waals surface area contributed by atoms with Gasteiger partial charge in [-0.1, -0.05) is 12.1 Å². The molecular weight excluding hydrogens is 323 g/mol. The molecule has 5 nitrogen and oxygen atoms in total. The molecule has 0 atom stereocenters. The second-order valence-corrected chi connectivity index (χ2v) is 5.66. The van der Waals surface area contributed by atoms with Crippen LogP contribution in [0.5, 0.6) is 11.5 Å². The lowest BCUT2D eigenvalue weighted by Gasteiger charge is -2.13. The predicted molar refractivity (Wildman–Crippen MR) is 72.2 cm³/mol. The van der Waals surface area contributed by atoms with Crippen LogP contribution < -0.4 is 10.5 Å². The Kier molecular flexibility index (Phi) is 4.03. The van der Waals surface area contributed by atoms with E-state index in [0.717, 1.165) is 18.2 Å². The summed E-state index contributed by atoms with van der Waals surface area (Å²) in [5.41, 5.74) is 4.21. The maximum absolute atomic E-state index is 12.5. The van der Waals surface area contributed by atoms with Crippen molar-refractivity contribution in [2.24, 2.45) is 0 Å². The van der Waals surface area contributed by atoms with Crippen molar-refractivity contribution in [3.05, 3.63) is 48.0 Å². The van der Waals surface area contributed by atoms with Crippen LogP contribution in [-0.4, -0.2) is 13.0 Å². The number of rotatable bonds is 3. The molecule has 0 unspecified atom stereocenters. The van der Waals surface area contributed by atoms with Gasteiger partial charge in [-0.25, -0.2) is 0 Å². The molecule has 0 heterocycles. The predicted octanol–water partition coefficient (Wildman–Crippen LogP) is 3.33. The van der Waals surface area contributed by atoms with Crippen molar-refractivity contribution < 1.29 is 30.9 Å². The zero-order valence-corrected chi connectivity index (χ0v) is 11.6. The molecule has 0 aliphatic rings. The van der Waals surface area contributed by atoms with E-state index in [1.165, 1.54) is 18.2 Å². The maximum Gasteiger partial charge on any atom is 0.416 e. The van der Waals surface area contributed by atoms with Gasteiger partial charge in [-0.15, -0.1) is 0 Å². The minimum atomic E-state index is -4.56. The number of para-hydroxylation sites is 1. The SMILES string of the molecule is Nc1cc(C(F)(F)F)ccc1Oc1ccccc1S(=O)(=O)O. The standard InChI is InChI=1S/C13H10F3NO4S/c14-13(15,16)8-5-6-10(9(17)7-8)21-11-3-1-2-4-12(11)22(18,19)20/h1-7H,17H2,(H,18,19,20). The fourth-order valence-electron chi connectivity index (χ4n) is 1.68. The summed E-state index contributed by atoms with van der Waals surface area (Å²) in [5, 5.41) is 0. The summed E-state index contributed by atoms with van der Waals surface area (Å²) in [6.07, 6.45) is -4.56. The summed E-state index contributed by atoms with van der Waals surface area (Å²) >= 11 is 0. The van der Waals surface area contributed by atoms with E-state index in [4.69, 9.17) is 15.0 Å². The molecule has 0 saturated heterocycles. The molecule has 2 aromatic carbocycles. The molecule has 0 aromatic heterocycles. The van der Waals surface area contributed by atoms with E-state index in [1.54, 1.807) is 0 Å². The molecule has 0 saturated carbocycles. The van der Waals surface area contributed by atoms with Crippen LogP contribution >= 0.6 is 0 Å². The first-order valence-electron chi connectivity index (χ1n) is 5.80. The van der Waals surface area contributed by atoms with Crippen molar-refractivity contribution in [2.45, 2.75) is 11.1 Å². The van der Waals surface area contributed by atoms with Crippen LogP contribution in [0.15, 0.2) is 47.4 Å². The van der Waals surface area contributed by atoms with Gasteiger partial charge in [0.2, 0.25) is 0 Å². The smallest absolute Gasteiger partial charge is 0.416 e. The highest BCUT2D eigenvalue weighted by Gasteiger charge is 2.31. The highest BCUT2D eigenvalue weighted by Crippen LogP contribution is 2.36. The Morgan fingerprint density at radius 1 is 1.05 bits per heavy atom. The van der Waals surface area contributed by atoms with Gasteiger partial charge in [0.1, 0.15) is 16.4 Å². The van der Waals surface area contributed by atoms with Gasteiger partial charge in [0.15, 0.2) is 0 Å². The first-order valence-corrected chi connectivity index (χ1v) is 7.24. The van der Waals surface area contributed by atoms with Gasteiger partial charge >= 0.3 is 6.18 Å². The normalized spacial score (nSPS) is 12.2. The topological polar surface area (TPSA) is 89.6 Å². The summed E-state index contributed by atoms with van der Waals surface area (Å²) in [4.78, 5) is -0.519.